The van der Waals surface area contributed by atoms with Crippen molar-refractivity contribution in [3.8, 4) is 0 Å². The van der Waals surface area contributed by atoms with Crippen molar-refractivity contribution in [2.75, 3.05) is 17.6 Å². The molecule has 30 heavy (non-hydrogen) atoms. The summed E-state index contributed by atoms with van der Waals surface area (Å²) in [7, 11) is 0. The summed E-state index contributed by atoms with van der Waals surface area (Å²) in [4.78, 5) is 0. The van der Waals surface area contributed by atoms with E-state index in [1.165, 1.54) is 44.4 Å². The number of ether oxygens (including phenoxy) is 2. The van der Waals surface area contributed by atoms with Crippen molar-refractivity contribution < 1.29 is 9.47 Å². The van der Waals surface area contributed by atoms with Gasteiger partial charge in [-0.25, -0.2) is 0 Å². The molecule has 2 nitrogen and oxygen atoms in total. The molecule has 0 radical (unpaired) electrons. The fraction of sp³-hybridized carbons (Fsp3) is 0.333. The molecule has 0 bridgehead atoms. The van der Waals surface area contributed by atoms with E-state index in [-0.39, 0.29) is 0 Å². The van der Waals surface area contributed by atoms with Crippen molar-refractivity contribution in [1.82, 2.24) is 0 Å². The van der Waals surface area contributed by atoms with E-state index >= 15 is 0 Å². The quantitative estimate of drug-likeness (QED) is 0.156. The van der Waals surface area contributed by atoms with E-state index in [0.29, 0.717) is 6.10 Å². The minimum absolute atomic E-state index is 0.407. The Labute approximate surface area is 193 Å². The average Bonchev–Trinajstić information content (AvgIpc) is 2.83. The number of hydrogen-bond acceptors (Lipinski definition) is 2. The number of benzene rings is 3. The normalized spacial score (nSPS) is 17.3. The van der Waals surface area contributed by atoms with Crippen LogP contribution in [0.4, 0.5) is 0 Å². The van der Waals surface area contributed by atoms with Crippen molar-refractivity contribution >= 4 is 44.1 Å². The second kappa shape index (κ2) is 11.0. The van der Waals surface area contributed by atoms with Gasteiger partial charge in [-0.05, 0) is 81.4 Å². The Balaban J connectivity index is 0.000000313. The highest BCUT2D eigenvalue weighted by Crippen LogP contribution is 2.33. The Kier molecular flexibility index (Phi) is 7.82. The molecule has 0 amide bonds. The van der Waals surface area contributed by atoms with Crippen LogP contribution in [0.25, 0.3) is 21.5 Å². The largest absolute Gasteiger partial charge is 0.497 e. The van der Waals surface area contributed by atoms with Gasteiger partial charge < -0.3 is 9.47 Å². The first-order valence-corrected chi connectivity index (χ1v) is 12.4. The summed E-state index contributed by atoms with van der Waals surface area (Å²) in [6.07, 6.45) is 13.7. The van der Waals surface area contributed by atoms with E-state index in [2.05, 4.69) is 71.1 Å². The highest BCUT2D eigenvalue weighted by Gasteiger charge is 2.21. The van der Waals surface area contributed by atoms with Gasteiger partial charge in [0.1, 0.15) is 6.61 Å². The molecule has 1 unspecified atom stereocenters. The molecular formula is C27H29IO2. The third-order valence-electron chi connectivity index (χ3n) is 5.79. The van der Waals surface area contributed by atoms with Crippen molar-refractivity contribution in [1.29, 1.82) is 0 Å². The monoisotopic (exact) mass is 512 g/mol. The number of halogens is 1. The number of unbranched alkanes of at least 4 members (excludes halogenated alkanes) is 1. The van der Waals surface area contributed by atoms with E-state index in [1.54, 1.807) is 11.8 Å². The molecule has 2 aliphatic rings. The Bertz CT molecular complexity index is 1030. The van der Waals surface area contributed by atoms with E-state index < -0.39 is 0 Å². The fourth-order valence-electron chi connectivity index (χ4n) is 4.27. The van der Waals surface area contributed by atoms with Crippen molar-refractivity contribution in [3.63, 3.8) is 0 Å². The summed E-state index contributed by atoms with van der Waals surface area (Å²) in [5.74, 6) is 0. The van der Waals surface area contributed by atoms with Gasteiger partial charge in [0.15, 0.2) is 0 Å². The number of aryl methyl sites for hydroxylation is 1. The Hall–Kier alpha value is -1.85. The van der Waals surface area contributed by atoms with Gasteiger partial charge in [0.2, 0.25) is 0 Å². The molecule has 0 saturated carbocycles. The smallest absolute Gasteiger partial charge is 0.106 e. The standard InChI is InChI=1S/C22H23IO.C5H6O/c23-13-3-4-14-24-18-9-12-20-17(15-18)8-11-21-19-6-2-1-5-16(19)7-10-22(20)21;1-2-4-6-5-3-1/h1-2,5-8,10-11,18H,3-4,9,12-15H2;1-4H,5H2. The summed E-state index contributed by atoms with van der Waals surface area (Å²) in [6.45, 7) is 1.65. The molecule has 1 heterocycles. The van der Waals surface area contributed by atoms with E-state index in [1.807, 2.05) is 18.2 Å². The van der Waals surface area contributed by atoms with Crippen molar-refractivity contribution in [2.45, 2.75) is 38.2 Å². The highest BCUT2D eigenvalue weighted by molar-refractivity contribution is 14.1. The van der Waals surface area contributed by atoms with Crippen LogP contribution in [0.15, 0.2) is 73.0 Å². The van der Waals surface area contributed by atoms with Crippen LogP contribution >= 0.6 is 22.6 Å². The lowest BCUT2D eigenvalue weighted by molar-refractivity contribution is 0.0428. The van der Waals surface area contributed by atoms with Gasteiger partial charge >= 0.3 is 0 Å². The summed E-state index contributed by atoms with van der Waals surface area (Å²) in [5.41, 5.74) is 3.04. The molecule has 156 valence electrons. The van der Waals surface area contributed by atoms with Crippen LogP contribution < -0.4 is 0 Å². The topological polar surface area (TPSA) is 18.5 Å². The predicted molar refractivity (Wildman–Crippen MR) is 136 cm³/mol. The molecule has 3 aromatic carbocycles. The fourth-order valence-corrected chi connectivity index (χ4v) is 4.81. The molecule has 3 aromatic rings. The molecule has 0 fully saturated rings. The maximum atomic E-state index is 6.12. The molecule has 0 aromatic heterocycles. The van der Waals surface area contributed by atoms with Gasteiger partial charge in [0, 0.05) is 6.61 Å². The summed E-state index contributed by atoms with van der Waals surface area (Å²) in [5, 5.41) is 5.54. The van der Waals surface area contributed by atoms with Crippen LogP contribution in [0.3, 0.4) is 0 Å². The van der Waals surface area contributed by atoms with Crippen LogP contribution in [0, 0.1) is 0 Å². The maximum Gasteiger partial charge on any atom is 0.106 e. The second-order valence-corrected chi connectivity index (χ2v) is 8.89. The zero-order valence-corrected chi connectivity index (χ0v) is 19.5. The first-order valence-electron chi connectivity index (χ1n) is 10.9. The number of fused-ring (bicyclic) bond motifs is 5. The van der Waals surface area contributed by atoms with Gasteiger partial charge in [-0.1, -0.05) is 77.2 Å². The van der Waals surface area contributed by atoms with Gasteiger partial charge in [-0.2, -0.15) is 0 Å². The van der Waals surface area contributed by atoms with Gasteiger partial charge in [-0.3, -0.25) is 0 Å². The Morgan fingerprint density at radius 1 is 0.933 bits per heavy atom. The Morgan fingerprint density at radius 3 is 2.60 bits per heavy atom. The van der Waals surface area contributed by atoms with Crippen LogP contribution in [0.1, 0.15) is 30.4 Å². The van der Waals surface area contributed by atoms with Crippen molar-refractivity contribution in [3.05, 3.63) is 84.1 Å². The SMILES string of the molecule is C1=CCOC=C1.ICCCCOC1CCc2c(ccc3c2ccc2ccccc23)C1. The lowest BCUT2D eigenvalue weighted by Gasteiger charge is -2.26. The van der Waals surface area contributed by atoms with Crippen LogP contribution in [0.2, 0.25) is 0 Å². The summed E-state index contributed by atoms with van der Waals surface area (Å²) in [6, 6.07) is 17.9. The first kappa shape index (κ1) is 21.4. The lowest BCUT2D eigenvalue weighted by atomic mass is 9.85. The number of alkyl halides is 1. The third kappa shape index (κ3) is 5.25. The molecule has 0 saturated heterocycles. The number of allylic oxidation sites excluding steroid dienone is 2. The van der Waals surface area contributed by atoms with E-state index in [4.69, 9.17) is 9.47 Å². The number of hydrogen-bond donors (Lipinski definition) is 0. The van der Waals surface area contributed by atoms with Gasteiger partial charge in [-0.15, -0.1) is 0 Å². The summed E-state index contributed by atoms with van der Waals surface area (Å²) < 4.78 is 12.2. The van der Waals surface area contributed by atoms with Gasteiger partial charge in [0.25, 0.3) is 0 Å². The number of rotatable bonds is 5. The van der Waals surface area contributed by atoms with E-state index in [0.717, 1.165) is 32.5 Å². The molecule has 1 aliphatic carbocycles. The van der Waals surface area contributed by atoms with Crippen LogP contribution in [-0.2, 0) is 22.3 Å². The summed E-state index contributed by atoms with van der Waals surface area (Å²) >= 11 is 2.44. The third-order valence-corrected chi connectivity index (χ3v) is 6.56. The average molecular weight is 512 g/mol. The second-order valence-electron chi connectivity index (χ2n) is 7.81. The van der Waals surface area contributed by atoms with E-state index in [9.17, 15) is 0 Å². The molecule has 5 rings (SSSR count). The Morgan fingerprint density at radius 2 is 1.83 bits per heavy atom. The maximum absolute atomic E-state index is 6.12. The first-order chi connectivity index (χ1) is 14.9. The minimum Gasteiger partial charge on any atom is -0.497 e. The molecule has 0 N–H and O–H groups in total. The highest BCUT2D eigenvalue weighted by atomic mass is 127. The molecule has 3 heteroatoms. The van der Waals surface area contributed by atoms with Crippen LogP contribution in [-0.4, -0.2) is 23.7 Å². The van der Waals surface area contributed by atoms with Crippen molar-refractivity contribution in [2.24, 2.45) is 0 Å². The predicted octanol–water partition coefficient (Wildman–Crippen LogP) is 7.17. The molecular weight excluding hydrogens is 483 g/mol. The molecule has 0 spiro atoms. The van der Waals surface area contributed by atoms with Gasteiger partial charge in [0.05, 0.1) is 12.4 Å². The lowest BCUT2D eigenvalue weighted by Crippen LogP contribution is -2.23. The zero-order valence-electron chi connectivity index (χ0n) is 17.4. The zero-order chi connectivity index (χ0) is 20.6. The minimum atomic E-state index is 0.407. The molecule has 1 atom stereocenters. The molecule has 1 aliphatic heterocycles. The van der Waals surface area contributed by atoms with Crippen LogP contribution in [0.5, 0.6) is 0 Å².